The van der Waals surface area contributed by atoms with Crippen LogP contribution in [0, 0.1) is 6.92 Å². The van der Waals surface area contributed by atoms with E-state index in [1.807, 2.05) is 0 Å². The van der Waals surface area contributed by atoms with Gasteiger partial charge in [-0.2, -0.15) is 18.2 Å². The van der Waals surface area contributed by atoms with Crippen LogP contribution in [0.25, 0.3) is 0 Å². The van der Waals surface area contributed by atoms with Crippen molar-refractivity contribution in [2.75, 3.05) is 7.11 Å². The molecular formula is C16H15F3N2O3S. The number of rotatable bonds is 4. The van der Waals surface area contributed by atoms with Gasteiger partial charge in [0.1, 0.15) is 10.6 Å². The van der Waals surface area contributed by atoms with Crippen LogP contribution in [0.4, 0.5) is 13.2 Å². The van der Waals surface area contributed by atoms with Crippen molar-refractivity contribution in [2.45, 2.75) is 30.3 Å². The number of esters is 1. The molecule has 0 amide bonds. The highest BCUT2D eigenvalue weighted by Crippen LogP contribution is 2.37. The maximum Gasteiger partial charge on any atom is 0.416 e. The summed E-state index contributed by atoms with van der Waals surface area (Å²) < 4.78 is 42.6. The number of aryl methyl sites for hydroxylation is 1. The van der Waals surface area contributed by atoms with E-state index in [-0.39, 0.29) is 15.8 Å². The minimum Gasteiger partial charge on any atom is -0.465 e. The van der Waals surface area contributed by atoms with Crippen molar-refractivity contribution < 1.29 is 22.7 Å². The van der Waals surface area contributed by atoms with Gasteiger partial charge in [0.15, 0.2) is 0 Å². The van der Waals surface area contributed by atoms with Crippen LogP contribution in [0.1, 0.15) is 39.4 Å². The van der Waals surface area contributed by atoms with Crippen LogP contribution in [0.15, 0.2) is 34.1 Å². The minimum absolute atomic E-state index is 0.130. The SMILES string of the molecule is COC(=O)c1c(SC(C)c2ccc(C(F)(F)F)cc2)nc(=O)[nH]c1C. The van der Waals surface area contributed by atoms with Gasteiger partial charge < -0.3 is 9.72 Å². The predicted octanol–water partition coefficient (Wildman–Crippen LogP) is 3.74. The standard InChI is InChI=1S/C16H15F3N2O3S/c1-8-12(14(22)24-3)13(21-15(23)20-8)25-9(2)10-4-6-11(7-5-10)16(17,18)19/h4-7,9H,1-3H3,(H,20,21,23). The van der Waals surface area contributed by atoms with Gasteiger partial charge in [0.05, 0.1) is 12.7 Å². The van der Waals surface area contributed by atoms with Gasteiger partial charge in [-0.1, -0.05) is 23.9 Å². The van der Waals surface area contributed by atoms with Crippen LogP contribution in [0.2, 0.25) is 0 Å². The van der Waals surface area contributed by atoms with Gasteiger partial charge in [0, 0.05) is 10.9 Å². The summed E-state index contributed by atoms with van der Waals surface area (Å²) >= 11 is 1.10. The normalized spacial score (nSPS) is 12.7. The van der Waals surface area contributed by atoms with Gasteiger partial charge in [-0.15, -0.1) is 0 Å². The number of alkyl halides is 3. The summed E-state index contributed by atoms with van der Waals surface area (Å²) in [5.41, 5.74) is -0.311. The van der Waals surface area contributed by atoms with Crippen LogP contribution >= 0.6 is 11.8 Å². The van der Waals surface area contributed by atoms with Crippen LogP contribution in [0.3, 0.4) is 0 Å². The number of carbonyl (C=O) groups excluding carboxylic acids is 1. The highest BCUT2D eigenvalue weighted by molar-refractivity contribution is 7.99. The molecule has 0 spiro atoms. The van der Waals surface area contributed by atoms with Crippen molar-refractivity contribution in [3.05, 3.63) is 57.1 Å². The van der Waals surface area contributed by atoms with E-state index in [0.29, 0.717) is 11.3 Å². The predicted molar refractivity (Wildman–Crippen MR) is 86.7 cm³/mol. The highest BCUT2D eigenvalue weighted by atomic mass is 32.2. The van der Waals surface area contributed by atoms with Crippen molar-refractivity contribution in [3.63, 3.8) is 0 Å². The van der Waals surface area contributed by atoms with Gasteiger partial charge in [0.2, 0.25) is 0 Å². The first kappa shape index (κ1) is 19.0. The molecule has 1 heterocycles. The van der Waals surface area contributed by atoms with Gasteiger partial charge >= 0.3 is 17.8 Å². The number of ether oxygens (including phenoxy) is 1. The molecule has 25 heavy (non-hydrogen) atoms. The molecule has 1 N–H and O–H groups in total. The Hall–Kier alpha value is -2.29. The van der Waals surface area contributed by atoms with E-state index >= 15 is 0 Å². The number of H-pyrrole nitrogens is 1. The number of carbonyl (C=O) groups is 1. The maximum atomic E-state index is 12.6. The summed E-state index contributed by atoms with van der Waals surface area (Å²) in [4.78, 5) is 29.7. The number of methoxy groups -OCH3 is 1. The Labute approximate surface area is 145 Å². The van der Waals surface area contributed by atoms with Crippen LogP contribution in [-0.4, -0.2) is 23.0 Å². The van der Waals surface area contributed by atoms with Crippen molar-refractivity contribution in [1.82, 2.24) is 9.97 Å². The first-order chi connectivity index (χ1) is 11.6. The molecule has 0 fully saturated rings. The number of aromatic nitrogens is 2. The van der Waals surface area contributed by atoms with E-state index in [1.165, 1.54) is 19.2 Å². The lowest BCUT2D eigenvalue weighted by atomic mass is 10.1. The summed E-state index contributed by atoms with van der Waals surface area (Å²) in [6.45, 7) is 3.29. The minimum atomic E-state index is -4.40. The lowest BCUT2D eigenvalue weighted by Gasteiger charge is -2.15. The zero-order valence-electron chi connectivity index (χ0n) is 13.6. The van der Waals surface area contributed by atoms with E-state index in [4.69, 9.17) is 4.74 Å². The average molecular weight is 372 g/mol. The monoisotopic (exact) mass is 372 g/mol. The van der Waals surface area contributed by atoms with E-state index in [1.54, 1.807) is 13.8 Å². The summed E-state index contributed by atoms with van der Waals surface area (Å²) in [5.74, 6) is -0.650. The fourth-order valence-electron chi connectivity index (χ4n) is 2.17. The van der Waals surface area contributed by atoms with Crippen LogP contribution in [0.5, 0.6) is 0 Å². The molecule has 0 aliphatic heterocycles. The molecule has 0 aliphatic carbocycles. The molecule has 1 atom stereocenters. The Morgan fingerprint density at radius 3 is 2.40 bits per heavy atom. The highest BCUT2D eigenvalue weighted by Gasteiger charge is 2.30. The third-order valence-electron chi connectivity index (χ3n) is 3.47. The number of benzene rings is 1. The Kier molecular flexibility index (Phi) is 5.56. The molecule has 1 aromatic carbocycles. The lowest BCUT2D eigenvalue weighted by molar-refractivity contribution is -0.137. The van der Waals surface area contributed by atoms with Crippen molar-refractivity contribution >= 4 is 17.7 Å². The largest absolute Gasteiger partial charge is 0.465 e. The summed E-state index contributed by atoms with van der Waals surface area (Å²) in [5, 5.41) is -0.167. The second-order valence-corrected chi connectivity index (χ2v) is 6.55. The molecule has 2 rings (SSSR count). The lowest BCUT2D eigenvalue weighted by Crippen LogP contribution is -2.19. The van der Waals surface area contributed by atoms with E-state index < -0.39 is 23.4 Å². The first-order valence-electron chi connectivity index (χ1n) is 7.16. The molecule has 1 aromatic heterocycles. The van der Waals surface area contributed by atoms with Crippen molar-refractivity contribution in [2.24, 2.45) is 0 Å². The maximum absolute atomic E-state index is 12.6. The number of nitrogens with zero attached hydrogens (tertiary/aromatic N) is 1. The number of nitrogens with one attached hydrogen (secondary N) is 1. The van der Waals surface area contributed by atoms with E-state index in [9.17, 15) is 22.8 Å². The summed E-state index contributed by atoms with van der Waals surface area (Å²) in [6.07, 6.45) is -4.40. The van der Waals surface area contributed by atoms with E-state index in [0.717, 1.165) is 23.9 Å². The Morgan fingerprint density at radius 1 is 1.28 bits per heavy atom. The molecule has 0 saturated heterocycles. The average Bonchev–Trinajstić information content (AvgIpc) is 2.53. The van der Waals surface area contributed by atoms with Crippen LogP contribution < -0.4 is 5.69 Å². The molecule has 9 heteroatoms. The molecule has 134 valence electrons. The van der Waals surface area contributed by atoms with Crippen LogP contribution in [-0.2, 0) is 10.9 Å². The second kappa shape index (κ2) is 7.30. The van der Waals surface area contributed by atoms with Gasteiger partial charge in [-0.3, -0.25) is 0 Å². The zero-order chi connectivity index (χ0) is 18.8. The Balaban J connectivity index is 2.33. The molecular weight excluding hydrogens is 357 g/mol. The molecule has 0 aliphatic rings. The van der Waals surface area contributed by atoms with Crippen molar-refractivity contribution in [1.29, 1.82) is 0 Å². The number of hydrogen-bond acceptors (Lipinski definition) is 5. The Morgan fingerprint density at radius 2 is 1.88 bits per heavy atom. The van der Waals surface area contributed by atoms with Gasteiger partial charge in [-0.25, -0.2) is 9.59 Å². The summed E-state index contributed by atoms with van der Waals surface area (Å²) in [7, 11) is 1.21. The number of aromatic amines is 1. The third kappa shape index (κ3) is 4.41. The number of thioether (sulfide) groups is 1. The molecule has 1 unspecified atom stereocenters. The van der Waals surface area contributed by atoms with Crippen molar-refractivity contribution in [3.8, 4) is 0 Å². The topological polar surface area (TPSA) is 72.0 Å². The Bertz CT molecular complexity index is 832. The smallest absolute Gasteiger partial charge is 0.416 e. The molecule has 0 radical (unpaired) electrons. The first-order valence-corrected chi connectivity index (χ1v) is 8.04. The van der Waals surface area contributed by atoms with Gasteiger partial charge in [0.25, 0.3) is 0 Å². The fraction of sp³-hybridized carbons (Fsp3) is 0.312. The second-order valence-electron chi connectivity index (χ2n) is 5.22. The fourth-order valence-corrected chi connectivity index (χ4v) is 3.28. The quantitative estimate of drug-likeness (QED) is 0.503. The molecule has 0 saturated carbocycles. The molecule has 0 bridgehead atoms. The van der Waals surface area contributed by atoms with E-state index in [2.05, 4.69) is 9.97 Å². The molecule has 2 aromatic rings. The number of halogens is 3. The van der Waals surface area contributed by atoms with Gasteiger partial charge in [-0.05, 0) is 31.5 Å². The number of hydrogen-bond donors (Lipinski definition) is 1. The third-order valence-corrected chi connectivity index (χ3v) is 4.62. The summed E-state index contributed by atoms with van der Waals surface area (Å²) in [6, 6.07) is 4.70. The zero-order valence-corrected chi connectivity index (χ0v) is 14.4. The molecule has 5 nitrogen and oxygen atoms in total.